The number of fused-ring (bicyclic) bond motifs is 1. The van der Waals surface area contributed by atoms with Crippen molar-refractivity contribution in [2.24, 2.45) is 0 Å². The van der Waals surface area contributed by atoms with Crippen LogP contribution in [-0.2, 0) is 9.59 Å². The van der Waals surface area contributed by atoms with Gasteiger partial charge in [0.2, 0.25) is 0 Å². The molecule has 0 unspecified atom stereocenters. The van der Waals surface area contributed by atoms with Crippen molar-refractivity contribution in [3.63, 3.8) is 0 Å². The molecule has 0 spiro atoms. The monoisotopic (exact) mass is 328 g/mol. The van der Waals surface area contributed by atoms with E-state index in [1.165, 1.54) is 0 Å². The second-order valence-corrected chi connectivity index (χ2v) is 5.98. The number of quaternary nitrogens is 1. The molecule has 1 amide bonds. The van der Waals surface area contributed by atoms with E-state index in [9.17, 15) is 14.7 Å². The van der Waals surface area contributed by atoms with Gasteiger partial charge >= 0.3 is 0 Å². The van der Waals surface area contributed by atoms with Crippen LogP contribution < -0.4 is 14.7 Å². The fourth-order valence-corrected chi connectivity index (χ4v) is 2.95. The van der Waals surface area contributed by atoms with Gasteiger partial charge in [-0.25, -0.2) is 0 Å². The average molecular weight is 328 g/mol. The van der Waals surface area contributed by atoms with Crippen LogP contribution >= 0.6 is 0 Å². The van der Waals surface area contributed by atoms with Crippen molar-refractivity contribution in [2.75, 3.05) is 39.3 Å². The van der Waals surface area contributed by atoms with Crippen LogP contribution in [0.25, 0.3) is 10.8 Å². The molecule has 0 atom stereocenters. The highest BCUT2D eigenvalue weighted by atomic mass is 16.5. The van der Waals surface area contributed by atoms with E-state index < -0.39 is 5.97 Å². The summed E-state index contributed by atoms with van der Waals surface area (Å²) in [5, 5.41) is 12.8. The second-order valence-electron chi connectivity index (χ2n) is 5.98. The molecule has 2 aromatic carbocycles. The summed E-state index contributed by atoms with van der Waals surface area (Å²) in [7, 11) is 0. The summed E-state index contributed by atoms with van der Waals surface area (Å²) in [6.45, 7) is 2.32. The lowest BCUT2D eigenvalue weighted by atomic mass is 10.1. The van der Waals surface area contributed by atoms with Crippen molar-refractivity contribution in [3.8, 4) is 5.75 Å². The lowest BCUT2D eigenvalue weighted by molar-refractivity contribution is -0.898. The standard InChI is InChI=1S/C18H20N2O4/c21-17(20-9-7-19(8-10-20)12-18(22)23)13-24-16-6-5-14-3-1-2-4-15(14)11-16/h1-6,11H,7-10,12-13H2,(H,22,23). The zero-order valence-corrected chi connectivity index (χ0v) is 13.4. The van der Waals surface area contributed by atoms with E-state index in [2.05, 4.69) is 0 Å². The molecule has 0 aromatic heterocycles. The fourth-order valence-electron chi connectivity index (χ4n) is 2.95. The lowest BCUT2D eigenvalue weighted by Gasteiger charge is -2.32. The minimum absolute atomic E-state index is 0.00435. The van der Waals surface area contributed by atoms with E-state index in [1.807, 2.05) is 42.5 Å². The van der Waals surface area contributed by atoms with Crippen LogP contribution in [-0.4, -0.2) is 56.1 Å². The number of carboxylic acids is 1. The Morgan fingerprint density at radius 2 is 1.79 bits per heavy atom. The number of nitrogens with zero attached hydrogens (tertiary/aromatic N) is 1. The van der Waals surface area contributed by atoms with Crippen molar-refractivity contribution >= 4 is 22.6 Å². The molecule has 1 fully saturated rings. The maximum Gasteiger partial charge on any atom is 0.260 e. The molecule has 1 heterocycles. The van der Waals surface area contributed by atoms with Gasteiger partial charge in [0.05, 0.1) is 32.1 Å². The first-order valence-electron chi connectivity index (χ1n) is 8.04. The fraction of sp³-hybridized carbons (Fsp3) is 0.333. The molecule has 3 rings (SSSR count). The smallest absolute Gasteiger partial charge is 0.260 e. The van der Waals surface area contributed by atoms with Crippen LogP contribution in [0.3, 0.4) is 0 Å². The highest BCUT2D eigenvalue weighted by molar-refractivity contribution is 5.84. The van der Waals surface area contributed by atoms with Gasteiger partial charge in [0.25, 0.3) is 5.91 Å². The number of nitrogens with one attached hydrogen (secondary N) is 1. The molecule has 0 aliphatic carbocycles. The Labute approximate surface area is 140 Å². The number of ether oxygens (including phenoxy) is 1. The van der Waals surface area contributed by atoms with Gasteiger partial charge in [0.1, 0.15) is 12.3 Å². The van der Waals surface area contributed by atoms with E-state index in [0.717, 1.165) is 15.7 Å². The Balaban J connectivity index is 1.51. The van der Waals surface area contributed by atoms with E-state index in [-0.39, 0.29) is 19.1 Å². The number of carboxylic acid groups (broad SMARTS) is 1. The summed E-state index contributed by atoms with van der Waals surface area (Å²) in [6.07, 6.45) is 0. The van der Waals surface area contributed by atoms with Gasteiger partial charge in [0.15, 0.2) is 6.61 Å². The van der Waals surface area contributed by atoms with E-state index in [1.54, 1.807) is 4.90 Å². The van der Waals surface area contributed by atoms with Crippen molar-refractivity contribution in [2.45, 2.75) is 0 Å². The normalized spacial score (nSPS) is 15.4. The molecule has 2 aromatic rings. The third-order valence-electron chi connectivity index (χ3n) is 4.30. The van der Waals surface area contributed by atoms with Crippen molar-refractivity contribution < 1.29 is 24.3 Å². The van der Waals surface area contributed by atoms with Crippen LogP contribution in [0.5, 0.6) is 5.75 Å². The minimum atomic E-state index is -1.05. The number of hydrogen-bond acceptors (Lipinski definition) is 4. The van der Waals surface area contributed by atoms with Gasteiger partial charge in [-0.15, -0.1) is 0 Å². The summed E-state index contributed by atoms with van der Waals surface area (Å²) in [4.78, 5) is 25.5. The summed E-state index contributed by atoms with van der Waals surface area (Å²) >= 11 is 0. The zero-order chi connectivity index (χ0) is 16.9. The molecule has 6 nitrogen and oxygen atoms in total. The second kappa shape index (κ2) is 7.31. The molecule has 1 N–H and O–H groups in total. The highest BCUT2D eigenvalue weighted by Gasteiger charge is 2.23. The molecule has 126 valence electrons. The quantitative estimate of drug-likeness (QED) is 0.740. The topological polar surface area (TPSA) is 74.1 Å². The van der Waals surface area contributed by atoms with Gasteiger partial charge in [0, 0.05) is 0 Å². The van der Waals surface area contributed by atoms with Gasteiger partial charge in [-0.05, 0) is 22.9 Å². The van der Waals surface area contributed by atoms with E-state index in [4.69, 9.17) is 4.74 Å². The first kappa shape index (κ1) is 16.3. The molecule has 0 bridgehead atoms. The summed E-state index contributed by atoms with van der Waals surface area (Å²) < 4.78 is 5.62. The SMILES string of the molecule is O=C([O-])C[NH+]1CCN(C(=O)COc2ccc3ccccc3c2)CC1. The number of piperazine rings is 1. The molecule has 24 heavy (non-hydrogen) atoms. The largest absolute Gasteiger partial charge is 0.544 e. The van der Waals surface area contributed by atoms with Crippen molar-refractivity contribution in [3.05, 3.63) is 42.5 Å². The van der Waals surface area contributed by atoms with Crippen LogP contribution in [0, 0.1) is 0 Å². The van der Waals surface area contributed by atoms with Crippen LogP contribution in [0.4, 0.5) is 0 Å². The number of rotatable bonds is 5. The Hall–Kier alpha value is -2.60. The van der Waals surface area contributed by atoms with E-state index >= 15 is 0 Å². The maximum absolute atomic E-state index is 12.2. The molecule has 1 saturated heterocycles. The molecule has 1 aliphatic rings. The lowest BCUT2D eigenvalue weighted by Crippen LogP contribution is -3.16. The van der Waals surface area contributed by atoms with Gasteiger partial charge in [-0.2, -0.15) is 0 Å². The Kier molecular flexibility index (Phi) is 4.96. The Morgan fingerprint density at radius 1 is 1.08 bits per heavy atom. The maximum atomic E-state index is 12.2. The zero-order valence-electron chi connectivity index (χ0n) is 13.4. The molecular weight excluding hydrogens is 308 g/mol. The highest BCUT2D eigenvalue weighted by Crippen LogP contribution is 2.20. The van der Waals surface area contributed by atoms with Gasteiger partial charge in [-0.1, -0.05) is 30.3 Å². The van der Waals surface area contributed by atoms with Crippen LogP contribution in [0.1, 0.15) is 0 Å². The minimum Gasteiger partial charge on any atom is -0.544 e. The summed E-state index contributed by atoms with van der Waals surface area (Å²) in [5.41, 5.74) is 0. The number of carbonyl (C=O) groups excluding carboxylic acids is 2. The van der Waals surface area contributed by atoms with Crippen molar-refractivity contribution in [1.82, 2.24) is 4.90 Å². The van der Waals surface area contributed by atoms with Crippen LogP contribution in [0.15, 0.2) is 42.5 Å². The van der Waals surface area contributed by atoms with Crippen LogP contribution in [0.2, 0.25) is 0 Å². The Bertz CT molecular complexity index is 739. The average Bonchev–Trinajstić information content (AvgIpc) is 2.59. The van der Waals surface area contributed by atoms with Gasteiger partial charge in [-0.3, -0.25) is 4.79 Å². The number of amides is 1. The molecule has 0 saturated carbocycles. The van der Waals surface area contributed by atoms with Gasteiger partial charge < -0.3 is 24.4 Å². The number of hydrogen-bond donors (Lipinski definition) is 1. The first-order chi connectivity index (χ1) is 11.6. The first-order valence-corrected chi connectivity index (χ1v) is 8.04. The third kappa shape index (κ3) is 4.02. The number of aliphatic carboxylic acids is 1. The predicted octanol–water partition coefficient (Wildman–Crippen LogP) is -1.30. The number of carbonyl (C=O) groups is 2. The summed E-state index contributed by atoms with van der Waals surface area (Å²) in [6, 6.07) is 13.7. The van der Waals surface area contributed by atoms with Crippen molar-refractivity contribution in [1.29, 1.82) is 0 Å². The third-order valence-corrected chi connectivity index (χ3v) is 4.30. The van der Waals surface area contributed by atoms with E-state index in [0.29, 0.717) is 31.9 Å². The molecule has 1 aliphatic heterocycles. The summed E-state index contributed by atoms with van der Waals surface area (Å²) in [5.74, 6) is -0.455. The Morgan fingerprint density at radius 3 is 2.50 bits per heavy atom. The number of benzene rings is 2. The molecule has 6 heteroatoms. The molecular formula is C18H20N2O4. The predicted molar refractivity (Wildman–Crippen MR) is 86.6 cm³/mol. The molecule has 0 radical (unpaired) electrons.